The van der Waals surface area contributed by atoms with Gasteiger partial charge in [-0.25, -0.2) is 4.39 Å². The number of amides is 2. The van der Waals surface area contributed by atoms with Gasteiger partial charge in [0.25, 0.3) is 11.7 Å². The third-order valence-corrected chi connectivity index (χ3v) is 5.63. The maximum atomic E-state index is 13.8. The number of hydrogen-bond acceptors (Lipinski definition) is 3. The molecular formula is C24H24FN3O3. The normalized spacial score (nSPS) is 14.3. The van der Waals surface area contributed by atoms with E-state index >= 15 is 0 Å². The number of hydrogen-bond donors (Lipinski definition) is 1. The quantitative estimate of drug-likeness (QED) is 0.500. The smallest absolute Gasteiger partial charge is 0.296 e. The first-order chi connectivity index (χ1) is 15.0. The van der Waals surface area contributed by atoms with Crippen molar-refractivity contribution in [1.82, 2.24) is 9.47 Å². The number of halogens is 1. The number of benzene rings is 2. The highest BCUT2D eigenvalue weighted by atomic mass is 19.1. The molecule has 1 fully saturated rings. The number of carbonyl (C=O) groups excluding carboxylic acids is 3. The number of likely N-dealkylation sites (tertiary alicyclic amines) is 1. The number of anilines is 1. The van der Waals surface area contributed by atoms with Crippen LogP contribution in [0.4, 0.5) is 10.1 Å². The van der Waals surface area contributed by atoms with Gasteiger partial charge in [-0.2, -0.15) is 0 Å². The zero-order valence-corrected chi connectivity index (χ0v) is 17.1. The van der Waals surface area contributed by atoms with Gasteiger partial charge in [-0.05, 0) is 31.0 Å². The SMILES string of the molecule is O=C(Nc1ccccc1F)C(=O)c1cn(CC(=O)N2CCCCCC2)c2ccccc12. The number of nitrogens with one attached hydrogen (secondary N) is 1. The molecule has 160 valence electrons. The van der Waals surface area contributed by atoms with Crippen molar-refractivity contribution in [2.45, 2.75) is 32.2 Å². The average Bonchev–Trinajstić information content (AvgIpc) is 2.94. The third kappa shape index (κ3) is 4.50. The minimum Gasteiger partial charge on any atom is -0.341 e. The van der Waals surface area contributed by atoms with Crippen LogP contribution in [0.5, 0.6) is 0 Å². The molecule has 1 aromatic heterocycles. The monoisotopic (exact) mass is 421 g/mol. The van der Waals surface area contributed by atoms with Crippen LogP contribution >= 0.6 is 0 Å². The second kappa shape index (κ2) is 9.12. The number of carbonyl (C=O) groups is 3. The summed E-state index contributed by atoms with van der Waals surface area (Å²) in [6.45, 7) is 1.59. The Bertz CT molecular complexity index is 1130. The predicted molar refractivity (Wildman–Crippen MR) is 116 cm³/mol. The van der Waals surface area contributed by atoms with Crippen LogP contribution in [0.1, 0.15) is 36.0 Å². The average molecular weight is 421 g/mol. The summed E-state index contributed by atoms with van der Waals surface area (Å²) in [5, 5.41) is 2.92. The van der Waals surface area contributed by atoms with E-state index in [1.165, 1.54) is 18.2 Å². The number of aromatic nitrogens is 1. The Morgan fingerprint density at radius 3 is 2.32 bits per heavy atom. The maximum absolute atomic E-state index is 13.8. The van der Waals surface area contributed by atoms with E-state index in [1.54, 1.807) is 29.0 Å². The van der Waals surface area contributed by atoms with Crippen molar-refractivity contribution in [2.75, 3.05) is 18.4 Å². The summed E-state index contributed by atoms with van der Waals surface area (Å²) in [7, 11) is 0. The van der Waals surface area contributed by atoms with Crippen LogP contribution in [0.25, 0.3) is 10.9 Å². The Morgan fingerprint density at radius 1 is 0.903 bits per heavy atom. The molecule has 2 heterocycles. The highest BCUT2D eigenvalue weighted by Gasteiger charge is 2.24. The molecule has 0 unspecified atom stereocenters. The summed E-state index contributed by atoms with van der Waals surface area (Å²) in [4.78, 5) is 40.1. The van der Waals surface area contributed by atoms with Gasteiger partial charge in [-0.15, -0.1) is 0 Å². The van der Waals surface area contributed by atoms with E-state index < -0.39 is 17.5 Å². The molecule has 7 heteroatoms. The molecule has 2 aromatic carbocycles. The fourth-order valence-electron chi connectivity index (χ4n) is 3.99. The van der Waals surface area contributed by atoms with Crippen molar-refractivity contribution >= 4 is 34.2 Å². The van der Waals surface area contributed by atoms with Gasteiger partial charge in [0, 0.05) is 30.2 Å². The largest absolute Gasteiger partial charge is 0.341 e. The summed E-state index contributed by atoms with van der Waals surface area (Å²) in [5.41, 5.74) is 0.835. The number of para-hydroxylation sites is 2. The second-order valence-electron chi connectivity index (χ2n) is 7.75. The second-order valence-corrected chi connectivity index (χ2v) is 7.75. The fourth-order valence-corrected chi connectivity index (χ4v) is 3.99. The maximum Gasteiger partial charge on any atom is 0.296 e. The van der Waals surface area contributed by atoms with E-state index in [4.69, 9.17) is 0 Å². The van der Waals surface area contributed by atoms with Crippen molar-refractivity contribution in [3.05, 3.63) is 66.1 Å². The van der Waals surface area contributed by atoms with Crippen LogP contribution in [0, 0.1) is 5.82 Å². The van der Waals surface area contributed by atoms with Crippen LogP contribution < -0.4 is 5.32 Å². The fraction of sp³-hybridized carbons (Fsp3) is 0.292. The number of rotatable bonds is 5. The first kappa shape index (κ1) is 20.8. The molecule has 6 nitrogen and oxygen atoms in total. The zero-order chi connectivity index (χ0) is 21.8. The van der Waals surface area contributed by atoms with Crippen molar-refractivity contribution < 1.29 is 18.8 Å². The molecule has 1 N–H and O–H groups in total. The van der Waals surface area contributed by atoms with E-state index in [0.29, 0.717) is 10.9 Å². The third-order valence-electron chi connectivity index (χ3n) is 5.63. The minimum atomic E-state index is -0.924. The molecule has 0 aliphatic carbocycles. The molecule has 1 aliphatic heterocycles. The van der Waals surface area contributed by atoms with E-state index in [-0.39, 0.29) is 23.7 Å². The molecular weight excluding hydrogens is 397 g/mol. The van der Waals surface area contributed by atoms with Crippen LogP contribution in [0.3, 0.4) is 0 Å². The van der Waals surface area contributed by atoms with Crippen LogP contribution in [0.2, 0.25) is 0 Å². The van der Waals surface area contributed by atoms with Gasteiger partial charge in [-0.3, -0.25) is 14.4 Å². The van der Waals surface area contributed by atoms with Crippen molar-refractivity contribution in [3.8, 4) is 0 Å². The number of Topliss-reactive ketones (excluding diaryl/α,β-unsaturated/α-hetero) is 1. The number of fused-ring (bicyclic) bond motifs is 1. The molecule has 3 aromatic rings. The minimum absolute atomic E-state index is 0.00235. The molecule has 0 atom stereocenters. The van der Waals surface area contributed by atoms with Crippen molar-refractivity contribution in [3.63, 3.8) is 0 Å². The molecule has 4 rings (SSSR count). The summed E-state index contributed by atoms with van der Waals surface area (Å²) in [5.74, 6) is -2.32. The first-order valence-corrected chi connectivity index (χ1v) is 10.5. The lowest BCUT2D eigenvalue weighted by Gasteiger charge is -2.20. The van der Waals surface area contributed by atoms with E-state index in [1.807, 2.05) is 17.0 Å². The van der Waals surface area contributed by atoms with Gasteiger partial charge in [0.2, 0.25) is 5.91 Å². The summed E-state index contributed by atoms with van der Waals surface area (Å²) in [6, 6.07) is 12.8. The van der Waals surface area contributed by atoms with E-state index in [9.17, 15) is 18.8 Å². The van der Waals surface area contributed by atoms with Crippen molar-refractivity contribution in [2.24, 2.45) is 0 Å². The summed E-state index contributed by atoms with van der Waals surface area (Å²) in [6.07, 6.45) is 5.80. The molecule has 1 saturated heterocycles. The Kier molecular flexibility index (Phi) is 6.11. The first-order valence-electron chi connectivity index (χ1n) is 10.5. The molecule has 2 amide bonds. The Morgan fingerprint density at radius 2 is 1.58 bits per heavy atom. The number of ketones is 1. The highest BCUT2D eigenvalue weighted by Crippen LogP contribution is 2.23. The van der Waals surface area contributed by atoms with Gasteiger partial charge < -0.3 is 14.8 Å². The number of nitrogens with zero attached hydrogens (tertiary/aromatic N) is 2. The molecule has 0 saturated carbocycles. The highest BCUT2D eigenvalue weighted by molar-refractivity contribution is 6.48. The van der Waals surface area contributed by atoms with Gasteiger partial charge in [0.15, 0.2) is 0 Å². The molecule has 0 bridgehead atoms. The molecule has 0 radical (unpaired) electrons. The zero-order valence-electron chi connectivity index (χ0n) is 17.1. The van der Waals surface area contributed by atoms with Crippen LogP contribution in [0.15, 0.2) is 54.7 Å². The summed E-state index contributed by atoms with van der Waals surface area (Å²) >= 11 is 0. The summed E-state index contributed by atoms with van der Waals surface area (Å²) < 4.78 is 15.6. The lowest BCUT2D eigenvalue weighted by molar-refractivity contribution is -0.131. The lowest BCUT2D eigenvalue weighted by Crippen LogP contribution is -2.34. The Hall–Kier alpha value is -3.48. The lowest BCUT2D eigenvalue weighted by atomic mass is 10.1. The predicted octanol–water partition coefficient (Wildman–Crippen LogP) is 4.00. The van der Waals surface area contributed by atoms with E-state index in [2.05, 4.69) is 5.32 Å². The van der Waals surface area contributed by atoms with Gasteiger partial charge >= 0.3 is 0 Å². The van der Waals surface area contributed by atoms with Crippen molar-refractivity contribution in [1.29, 1.82) is 0 Å². The Labute approximate surface area is 179 Å². The van der Waals surface area contributed by atoms with Gasteiger partial charge in [0.05, 0.1) is 11.3 Å². The molecule has 1 aliphatic rings. The standard InChI is InChI=1S/C24H24FN3O3/c25-19-10-4-5-11-20(19)26-24(31)23(30)18-15-28(21-12-6-3-9-17(18)21)16-22(29)27-13-7-1-2-8-14-27/h3-6,9-12,15H,1-2,7-8,13-14,16H2,(H,26,31). The molecule has 0 spiro atoms. The Balaban J connectivity index is 1.58. The molecule has 31 heavy (non-hydrogen) atoms. The van der Waals surface area contributed by atoms with Gasteiger partial charge in [-0.1, -0.05) is 43.2 Å². The van der Waals surface area contributed by atoms with Crippen LogP contribution in [-0.4, -0.2) is 40.2 Å². The van der Waals surface area contributed by atoms with Gasteiger partial charge in [0.1, 0.15) is 12.4 Å². The van der Waals surface area contributed by atoms with E-state index in [0.717, 1.165) is 38.8 Å². The van der Waals surface area contributed by atoms with Crippen LogP contribution in [-0.2, 0) is 16.1 Å². The topological polar surface area (TPSA) is 71.4 Å².